The average molecular weight is 332 g/mol. The van der Waals surface area contributed by atoms with Crippen molar-refractivity contribution in [1.29, 1.82) is 0 Å². The first-order chi connectivity index (χ1) is 11.0. The molecule has 0 aliphatic carbocycles. The van der Waals surface area contributed by atoms with E-state index >= 15 is 0 Å². The lowest BCUT2D eigenvalue weighted by Gasteiger charge is -2.16. The maximum atomic E-state index is 11.9. The Labute approximate surface area is 141 Å². The van der Waals surface area contributed by atoms with Gasteiger partial charge in [0.1, 0.15) is 0 Å². The van der Waals surface area contributed by atoms with Crippen molar-refractivity contribution in [3.63, 3.8) is 0 Å². The molecule has 1 amide bonds. The molecule has 124 valence electrons. The molecule has 23 heavy (non-hydrogen) atoms. The van der Waals surface area contributed by atoms with E-state index in [1.54, 1.807) is 0 Å². The molecule has 0 aliphatic rings. The van der Waals surface area contributed by atoms with Crippen LogP contribution in [0.2, 0.25) is 0 Å². The molecule has 0 saturated carbocycles. The summed E-state index contributed by atoms with van der Waals surface area (Å²) in [6, 6.07) is 10.5. The van der Waals surface area contributed by atoms with Crippen molar-refractivity contribution in [2.24, 2.45) is 0 Å². The highest BCUT2D eigenvalue weighted by Gasteiger charge is 2.19. The van der Waals surface area contributed by atoms with Crippen LogP contribution in [0.1, 0.15) is 40.2 Å². The summed E-state index contributed by atoms with van der Waals surface area (Å²) < 4.78 is 2.13. The number of hydrogen-bond donors (Lipinski definition) is 1. The van der Waals surface area contributed by atoms with Crippen LogP contribution in [0.3, 0.4) is 0 Å². The Morgan fingerprint density at radius 2 is 1.91 bits per heavy atom. The van der Waals surface area contributed by atoms with Crippen molar-refractivity contribution >= 4 is 17.7 Å². The lowest BCUT2D eigenvalue weighted by atomic mass is 10.2. The van der Waals surface area contributed by atoms with E-state index in [0.29, 0.717) is 5.75 Å². The molecule has 0 saturated heterocycles. The lowest BCUT2D eigenvalue weighted by Crippen LogP contribution is -2.31. The van der Waals surface area contributed by atoms with E-state index in [2.05, 4.69) is 33.9 Å². The van der Waals surface area contributed by atoms with Crippen LogP contribution in [0.5, 0.6) is 0 Å². The Balaban J connectivity index is 2.23. The Morgan fingerprint density at radius 3 is 2.52 bits per heavy atom. The van der Waals surface area contributed by atoms with Crippen molar-refractivity contribution in [2.45, 2.75) is 51.4 Å². The van der Waals surface area contributed by atoms with Gasteiger partial charge in [0.05, 0.1) is 5.75 Å². The molecule has 0 bridgehead atoms. The monoisotopic (exact) mass is 332 g/mol. The van der Waals surface area contributed by atoms with Gasteiger partial charge in [-0.05, 0) is 27.2 Å². The fourth-order valence-corrected chi connectivity index (χ4v) is 3.08. The van der Waals surface area contributed by atoms with Crippen LogP contribution in [0, 0.1) is 0 Å². The molecule has 1 atom stereocenters. The number of hydrogen-bond acceptors (Lipinski definition) is 4. The number of nitrogens with zero attached hydrogens (tertiary/aromatic N) is 3. The van der Waals surface area contributed by atoms with Crippen LogP contribution >= 0.6 is 11.8 Å². The van der Waals surface area contributed by atoms with Gasteiger partial charge in [0.2, 0.25) is 5.91 Å². The van der Waals surface area contributed by atoms with Gasteiger partial charge in [-0.2, -0.15) is 0 Å². The van der Waals surface area contributed by atoms with E-state index in [0.717, 1.165) is 23.0 Å². The summed E-state index contributed by atoms with van der Waals surface area (Å²) in [4.78, 5) is 11.9. The minimum atomic E-state index is 0.0185. The third kappa shape index (κ3) is 4.58. The highest BCUT2D eigenvalue weighted by atomic mass is 32.2. The van der Waals surface area contributed by atoms with Crippen LogP contribution < -0.4 is 5.32 Å². The Hall–Kier alpha value is -1.82. The highest BCUT2D eigenvalue weighted by molar-refractivity contribution is 7.99. The van der Waals surface area contributed by atoms with E-state index in [9.17, 15) is 4.79 Å². The van der Waals surface area contributed by atoms with Crippen molar-refractivity contribution in [3.05, 3.63) is 30.3 Å². The van der Waals surface area contributed by atoms with Gasteiger partial charge in [0.25, 0.3) is 0 Å². The fraction of sp³-hybridized carbons (Fsp3) is 0.471. The van der Waals surface area contributed by atoms with E-state index in [1.165, 1.54) is 11.8 Å². The minimum Gasteiger partial charge on any atom is -0.353 e. The Kier molecular flexibility index (Phi) is 6.21. The summed E-state index contributed by atoms with van der Waals surface area (Å²) in [7, 11) is 0. The Bertz CT molecular complexity index is 639. The van der Waals surface area contributed by atoms with E-state index < -0.39 is 0 Å². The number of amides is 1. The molecule has 1 aromatic heterocycles. The van der Waals surface area contributed by atoms with Crippen LogP contribution in [0.15, 0.2) is 35.5 Å². The third-order valence-electron chi connectivity index (χ3n) is 3.51. The molecule has 6 heteroatoms. The summed E-state index contributed by atoms with van der Waals surface area (Å²) >= 11 is 1.43. The van der Waals surface area contributed by atoms with Gasteiger partial charge in [-0.25, -0.2) is 0 Å². The lowest BCUT2D eigenvalue weighted by molar-refractivity contribution is -0.119. The molecule has 0 radical (unpaired) electrons. The zero-order valence-corrected chi connectivity index (χ0v) is 14.9. The van der Waals surface area contributed by atoms with Gasteiger partial charge in [-0.1, -0.05) is 49.0 Å². The second kappa shape index (κ2) is 8.15. The predicted molar refractivity (Wildman–Crippen MR) is 94.5 cm³/mol. The second-order valence-corrected chi connectivity index (χ2v) is 6.75. The van der Waals surface area contributed by atoms with E-state index in [-0.39, 0.29) is 18.0 Å². The zero-order valence-electron chi connectivity index (χ0n) is 14.1. The number of carbonyl (C=O) groups is 1. The van der Waals surface area contributed by atoms with E-state index in [1.807, 2.05) is 44.2 Å². The normalized spacial score (nSPS) is 12.4. The maximum absolute atomic E-state index is 11.9. The number of thioether (sulfide) groups is 1. The summed E-state index contributed by atoms with van der Waals surface area (Å²) in [6.07, 6.45) is 0.976. The van der Waals surface area contributed by atoms with Crippen molar-refractivity contribution in [1.82, 2.24) is 20.1 Å². The first-order valence-electron chi connectivity index (χ1n) is 7.95. The standard InChI is InChI=1S/C17H24N4OS/c1-5-13(4)21-16(14-9-7-6-8-10-14)19-20-17(21)23-11-15(22)18-12(2)3/h6-10,12-13H,5,11H2,1-4H3,(H,18,22)/t13-/m0/s1. The minimum absolute atomic E-state index is 0.0185. The number of rotatable bonds is 7. The molecule has 1 aromatic carbocycles. The summed E-state index contributed by atoms with van der Waals surface area (Å²) in [5, 5.41) is 12.3. The number of nitrogens with one attached hydrogen (secondary N) is 1. The molecular weight excluding hydrogens is 308 g/mol. The third-order valence-corrected chi connectivity index (χ3v) is 4.45. The molecule has 5 nitrogen and oxygen atoms in total. The van der Waals surface area contributed by atoms with Gasteiger partial charge in [-0.15, -0.1) is 10.2 Å². The van der Waals surface area contributed by atoms with Crippen molar-refractivity contribution in [3.8, 4) is 11.4 Å². The molecule has 1 N–H and O–H groups in total. The Morgan fingerprint density at radius 1 is 1.22 bits per heavy atom. The van der Waals surface area contributed by atoms with Crippen LogP contribution in [0.25, 0.3) is 11.4 Å². The van der Waals surface area contributed by atoms with Crippen molar-refractivity contribution < 1.29 is 4.79 Å². The molecule has 0 spiro atoms. The molecule has 0 fully saturated rings. The maximum Gasteiger partial charge on any atom is 0.230 e. The van der Waals surface area contributed by atoms with Gasteiger partial charge in [-0.3, -0.25) is 9.36 Å². The molecular formula is C17H24N4OS. The topological polar surface area (TPSA) is 59.8 Å². The summed E-state index contributed by atoms with van der Waals surface area (Å²) in [6.45, 7) is 8.20. The second-order valence-electron chi connectivity index (χ2n) is 5.81. The van der Waals surface area contributed by atoms with Gasteiger partial charge in [0.15, 0.2) is 11.0 Å². The highest BCUT2D eigenvalue weighted by Crippen LogP contribution is 2.28. The van der Waals surface area contributed by atoms with Gasteiger partial charge in [0, 0.05) is 17.6 Å². The SMILES string of the molecule is CC[C@H](C)n1c(SCC(=O)NC(C)C)nnc1-c1ccccc1. The number of aromatic nitrogens is 3. The van der Waals surface area contributed by atoms with Gasteiger partial charge < -0.3 is 5.32 Å². The van der Waals surface area contributed by atoms with Crippen molar-refractivity contribution in [2.75, 3.05) is 5.75 Å². The van der Waals surface area contributed by atoms with E-state index in [4.69, 9.17) is 0 Å². The predicted octanol–water partition coefficient (Wildman–Crippen LogP) is 3.53. The van der Waals surface area contributed by atoms with Crippen LogP contribution in [-0.4, -0.2) is 32.5 Å². The first kappa shape index (κ1) is 17.5. The fourth-order valence-electron chi connectivity index (χ4n) is 2.23. The van der Waals surface area contributed by atoms with Gasteiger partial charge >= 0.3 is 0 Å². The largest absolute Gasteiger partial charge is 0.353 e. The molecule has 1 heterocycles. The average Bonchev–Trinajstić information content (AvgIpc) is 2.96. The molecule has 2 rings (SSSR count). The van der Waals surface area contributed by atoms with Crippen LogP contribution in [-0.2, 0) is 4.79 Å². The number of carbonyl (C=O) groups excluding carboxylic acids is 1. The summed E-state index contributed by atoms with van der Waals surface area (Å²) in [5.74, 6) is 1.22. The molecule has 0 aliphatic heterocycles. The number of benzene rings is 1. The smallest absolute Gasteiger partial charge is 0.230 e. The van der Waals surface area contributed by atoms with Crippen LogP contribution in [0.4, 0.5) is 0 Å². The molecule has 2 aromatic rings. The zero-order chi connectivity index (χ0) is 16.8. The quantitative estimate of drug-likeness (QED) is 0.788. The molecule has 0 unspecified atom stereocenters. The first-order valence-corrected chi connectivity index (χ1v) is 8.94. The summed E-state index contributed by atoms with van der Waals surface area (Å²) in [5.41, 5.74) is 1.04.